The maximum absolute atomic E-state index is 11.3. The van der Waals surface area contributed by atoms with Gasteiger partial charge in [-0.25, -0.2) is 0 Å². The molecule has 0 heterocycles. The molecule has 0 saturated heterocycles. The third kappa shape index (κ3) is 4.57. The van der Waals surface area contributed by atoms with E-state index in [9.17, 15) is 19.8 Å². The van der Waals surface area contributed by atoms with E-state index in [-0.39, 0.29) is 35.5 Å². The summed E-state index contributed by atoms with van der Waals surface area (Å²) in [5.41, 5.74) is 12.0. The van der Waals surface area contributed by atoms with E-state index in [2.05, 4.69) is 0 Å². The van der Waals surface area contributed by atoms with Gasteiger partial charge in [0.15, 0.2) is 0 Å². The molecule has 8 heteroatoms. The molecule has 0 bridgehead atoms. The number of benzene rings is 2. The molecule has 6 N–H and O–H groups in total. The molecule has 0 aliphatic carbocycles. The molecule has 142 valence electrons. The summed E-state index contributed by atoms with van der Waals surface area (Å²) in [4.78, 5) is 22.6. The second-order valence-electron chi connectivity index (χ2n) is 6.28. The quantitative estimate of drug-likeness (QED) is 0.561. The van der Waals surface area contributed by atoms with Crippen LogP contribution in [0.5, 0.6) is 11.5 Å². The van der Waals surface area contributed by atoms with Crippen molar-refractivity contribution in [3.63, 3.8) is 0 Å². The highest BCUT2D eigenvalue weighted by atomic mass is 16.3. The Morgan fingerprint density at radius 2 is 1.18 bits per heavy atom. The van der Waals surface area contributed by atoms with Crippen molar-refractivity contribution in [1.82, 2.24) is 0 Å². The third-order valence-electron chi connectivity index (χ3n) is 4.29. The van der Waals surface area contributed by atoms with Crippen LogP contribution < -0.4 is 11.5 Å². The maximum Gasteiger partial charge on any atom is 0.235 e. The van der Waals surface area contributed by atoms with Crippen molar-refractivity contribution >= 4 is 11.8 Å². The predicted octanol–water partition coefficient (Wildman–Crippen LogP) is 1.10. The number of carbonyl (C=O) groups is 2. The van der Waals surface area contributed by atoms with Crippen LogP contribution in [0.2, 0.25) is 0 Å². The molecule has 0 aromatic heterocycles. The molecule has 0 fully saturated rings. The summed E-state index contributed by atoms with van der Waals surface area (Å²) in [6.45, 7) is 0. The predicted molar refractivity (Wildman–Crippen MR) is 99.2 cm³/mol. The zero-order valence-electron chi connectivity index (χ0n) is 14.8. The lowest BCUT2D eigenvalue weighted by Gasteiger charge is -2.13. The Morgan fingerprint density at radius 1 is 0.821 bits per heavy atom. The van der Waals surface area contributed by atoms with Crippen LogP contribution in [-0.4, -0.2) is 22.0 Å². The van der Waals surface area contributed by atoms with Crippen molar-refractivity contribution < 1.29 is 19.8 Å². The fourth-order valence-electron chi connectivity index (χ4n) is 2.74. The van der Waals surface area contributed by atoms with E-state index in [0.29, 0.717) is 11.1 Å². The van der Waals surface area contributed by atoms with Crippen LogP contribution in [0.15, 0.2) is 36.4 Å². The summed E-state index contributed by atoms with van der Waals surface area (Å²) >= 11 is 0. The third-order valence-corrected chi connectivity index (χ3v) is 4.29. The number of nitriles is 2. The fourth-order valence-corrected chi connectivity index (χ4v) is 2.74. The van der Waals surface area contributed by atoms with Crippen LogP contribution >= 0.6 is 0 Å². The van der Waals surface area contributed by atoms with Crippen molar-refractivity contribution in [2.45, 2.75) is 12.8 Å². The first-order chi connectivity index (χ1) is 13.3. The smallest absolute Gasteiger partial charge is 0.235 e. The van der Waals surface area contributed by atoms with Crippen LogP contribution in [0.4, 0.5) is 0 Å². The zero-order chi connectivity index (χ0) is 20.8. The Labute approximate surface area is 161 Å². The Hall–Kier alpha value is -4.04. The molecule has 0 aliphatic heterocycles. The SMILES string of the molecule is N#CC(Cc1ccc(O)c(-c2cc(CC(C#N)C(N)=O)ccc2O)c1)C(N)=O. The van der Waals surface area contributed by atoms with E-state index in [4.69, 9.17) is 22.0 Å². The average Bonchev–Trinajstić information content (AvgIpc) is 2.66. The van der Waals surface area contributed by atoms with Crippen molar-refractivity contribution in [2.24, 2.45) is 23.3 Å². The van der Waals surface area contributed by atoms with E-state index in [1.54, 1.807) is 12.1 Å². The number of rotatable bonds is 7. The second kappa shape index (κ2) is 8.56. The van der Waals surface area contributed by atoms with Crippen molar-refractivity contribution in [3.8, 4) is 34.8 Å². The summed E-state index contributed by atoms with van der Waals surface area (Å²) in [5, 5.41) is 38.5. The van der Waals surface area contributed by atoms with Gasteiger partial charge in [0.25, 0.3) is 0 Å². The average molecular weight is 378 g/mol. The van der Waals surface area contributed by atoms with Crippen LogP contribution in [0.1, 0.15) is 11.1 Å². The topological polar surface area (TPSA) is 174 Å². The molecular formula is C20H18N4O4. The molecule has 8 nitrogen and oxygen atoms in total. The number of nitrogens with two attached hydrogens (primary N) is 2. The lowest BCUT2D eigenvalue weighted by molar-refractivity contribution is -0.121. The van der Waals surface area contributed by atoms with Crippen LogP contribution in [0.25, 0.3) is 11.1 Å². The van der Waals surface area contributed by atoms with Gasteiger partial charge in [-0.05, 0) is 48.2 Å². The number of phenols is 2. The molecule has 2 amide bonds. The summed E-state index contributed by atoms with van der Waals surface area (Å²) in [5.74, 6) is -3.81. The summed E-state index contributed by atoms with van der Waals surface area (Å²) in [6.07, 6.45) is 0.107. The highest BCUT2D eigenvalue weighted by Crippen LogP contribution is 2.37. The summed E-state index contributed by atoms with van der Waals surface area (Å²) < 4.78 is 0. The largest absolute Gasteiger partial charge is 0.507 e. The van der Waals surface area contributed by atoms with E-state index in [1.165, 1.54) is 24.3 Å². The minimum Gasteiger partial charge on any atom is -0.507 e. The van der Waals surface area contributed by atoms with Gasteiger partial charge in [-0.1, -0.05) is 12.1 Å². The minimum atomic E-state index is -1.02. The highest BCUT2D eigenvalue weighted by Gasteiger charge is 2.19. The highest BCUT2D eigenvalue weighted by molar-refractivity contribution is 5.81. The maximum atomic E-state index is 11.3. The molecule has 0 spiro atoms. The van der Waals surface area contributed by atoms with E-state index in [1.807, 2.05) is 12.1 Å². The lowest BCUT2D eigenvalue weighted by Crippen LogP contribution is -2.23. The first-order valence-corrected chi connectivity index (χ1v) is 8.28. The first-order valence-electron chi connectivity index (χ1n) is 8.28. The minimum absolute atomic E-state index is 0.0533. The van der Waals surface area contributed by atoms with Crippen LogP contribution in [-0.2, 0) is 22.4 Å². The van der Waals surface area contributed by atoms with Gasteiger partial charge in [0.1, 0.15) is 23.3 Å². The molecule has 28 heavy (non-hydrogen) atoms. The summed E-state index contributed by atoms with van der Waals surface area (Å²) in [7, 11) is 0. The number of aromatic hydroxyl groups is 2. The molecule has 2 rings (SSSR count). The van der Waals surface area contributed by atoms with Crippen molar-refractivity contribution in [1.29, 1.82) is 10.5 Å². The van der Waals surface area contributed by atoms with E-state index < -0.39 is 23.7 Å². The first kappa shape index (κ1) is 20.3. The normalized spacial score (nSPS) is 12.4. The second-order valence-corrected chi connectivity index (χ2v) is 6.28. The lowest BCUT2D eigenvalue weighted by atomic mass is 9.93. The molecule has 0 aliphatic rings. The van der Waals surface area contributed by atoms with Gasteiger partial charge in [0.2, 0.25) is 11.8 Å². The number of primary amides is 2. The Kier molecular flexibility index (Phi) is 6.20. The van der Waals surface area contributed by atoms with Gasteiger partial charge in [0.05, 0.1) is 12.1 Å². The van der Waals surface area contributed by atoms with E-state index in [0.717, 1.165) is 0 Å². The van der Waals surface area contributed by atoms with Crippen molar-refractivity contribution in [3.05, 3.63) is 47.5 Å². The fraction of sp³-hybridized carbons (Fsp3) is 0.200. The van der Waals surface area contributed by atoms with Gasteiger partial charge in [-0.15, -0.1) is 0 Å². The molecule has 0 radical (unpaired) electrons. The van der Waals surface area contributed by atoms with Gasteiger partial charge in [-0.3, -0.25) is 9.59 Å². The van der Waals surface area contributed by atoms with Crippen LogP contribution in [0.3, 0.4) is 0 Å². The molecule has 2 aromatic rings. The number of hydrogen-bond donors (Lipinski definition) is 4. The molecule has 0 saturated carbocycles. The van der Waals surface area contributed by atoms with Gasteiger partial charge in [0, 0.05) is 11.1 Å². The number of amides is 2. The number of carbonyl (C=O) groups excluding carboxylic acids is 2. The Morgan fingerprint density at radius 3 is 1.46 bits per heavy atom. The number of nitrogens with zero attached hydrogens (tertiary/aromatic N) is 2. The molecule has 2 unspecified atom stereocenters. The Bertz CT molecular complexity index is 923. The van der Waals surface area contributed by atoms with Gasteiger partial charge in [-0.2, -0.15) is 10.5 Å². The zero-order valence-corrected chi connectivity index (χ0v) is 14.8. The number of phenolic OH excluding ortho intramolecular Hbond substituents is 2. The number of hydrogen-bond acceptors (Lipinski definition) is 6. The van der Waals surface area contributed by atoms with Gasteiger partial charge >= 0.3 is 0 Å². The molecular weight excluding hydrogens is 360 g/mol. The monoisotopic (exact) mass is 378 g/mol. The Balaban J connectivity index is 2.44. The molecule has 2 atom stereocenters. The molecule has 2 aromatic carbocycles. The summed E-state index contributed by atoms with van der Waals surface area (Å²) in [6, 6.07) is 12.6. The van der Waals surface area contributed by atoms with E-state index >= 15 is 0 Å². The van der Waals surface area contributed by atoms with Crippen molar-refractivity contribution in [2.75, 3.05) is 0 Å². The standard InChI is InChI=1S/C20H18N4O4/c21-9-13(19(23)27)5-11-1-3-17(25)15(7-11)16-8-12(2-4-18(16)26)6-14(10-22)20(24)28/h1-4,7-8,13-14,25-26H,5-6H2,(H2,23,27)(H2,24,28). The van der Waals surface area contributed by atoms with Gasteiger partial charge < -0.3 is 21.7 Å². The van der Waals surface area contributed by atoms with Crippen LogP contribution in [0, 0.1) is 34.5 Å².